The summed E-state index contributed by atoms with van der Waals surface area (Å²) in [4.78, 5) is 12.7. The number of aryl methyl sites for hydroxylation is 1. The van der Waals surface area contributed by atoms with Crippen LogP contribution in [0.15, 0.2) is 12.1 Å². The fourth-order valence-corrected chi connectivity index (χ4v) is 3.04. The van der Waals surface area contributed by atoms with Gasteiger partial charge in [-0.15, -0.1) is 0 Å². The highest BCUT2D eigenvalue weighted by Crippen LogP contribution is 2.38. The fourth-order valence-electron chi connectivity index (χ4n) is 3.04. The van der Waals surface area contributed by atoms with Crippen LogP contribution in [-0.2, 0) is 0 Å². The molecule has 4 heteroatoms. The van der Waals surface area contributed by atoms with Gasteiger partial charge < -0.3 is 5.73 Å². The van der Waals surface area contributed by atoms with Crippen molar-refractivity contribution in [2.75, 3.05) is 6.54 Å². The van der Waals surface area contributed by atoms with E-state index in [1.165, 1.54) is 19.1 Å². The summed E-state index contributed by atoms with van der Waals surface area (Å²) in [6.07, 6.45) is 5.30. The summed E-state index contributed by atoms with van der Waals surface area (Å²) in [6, 6.07) is 2.84. The van der Waals surface area contributed by atoms with E-state index in [2.05, 4.69) is 0 Å². The average Bonchev–Trinajstić information content (AvgIpc) is 2.71. The lowest BCUT2D eigenvalue weighted by Crippen LogP contribution is -2.39. The van der Waals surface area contributed by atoms with Crippen molar-refractivity contribution in [2.24, 2.45) is 11.1 Å². The molecule has 0 saturated heterocycles. The topological polar surface area (TPSA) is 43.1 Å². The Bertz CT molecular complexity index is 505. The zero-order valence-electron chi connectivity index (χ0n) is 11.8. The zero-order valence-corrected chi connectivity index (χ0v) is 11.8. The van der Waals surface area contributed by atoms with Crippen molar-refractivity contribution in [1.29, 1.82) is 0 Å². The molecule has 1 fully saturated rings. The number of hydrogen-bond acceptors (Lipinski definition) is 2. The fraction of sp³-hybridized carbons (Fsp3) is 0.562. The molecule has 0 aromatic heterocycles. The molecule has 1 aliphatic rings. The summed E-state index contributed by atoms with van der Waals surface area (Å²) in [5.41, 5.74) is 5.16. The molecule has 0 radical (unpaired) electrons. The molecule has 0 atom stereocenters. The van der Waals surface area contributed by atoms with Crippen LogP contribution in [0.3, 0.4) is 0 Å². The van der Waals surface area contributed by atoms with Gasteiger partial charge >= 0.3 is 0 Å². The van der Waals surface area contributed by atoms with Crippen LogP contribution in [0.2, 0.25) is 0 Å². The zero-order chi connectivity index (χ0) is 14.8. The predicted octanol–water partition coefficient (Wildman–Crippen LogP) is 3.76. The highest BCUT2D eigenvalue weighted by molar-refractivity contribution is 6.01. The van der Waals surface area contributed by atoms with Gasteiger partial charge in [0.25, 0.3) is 0 Å². The van der Waals surface area contributed by atoms with Gasteiger partial charge in [-0.25, -0.2) is 8.78 Å². The third-order valence-corrected chi connectivity index (χ3v) is 4.45. The minimum absolute atomic E-state index is 0.152. The van der Waals surface area contributed by atoms with Crippen LogP contribution in [0, 0.1) is 24.0 Å². The molecule has 0 heterocycles. The molecule has 110 valence electrons. The number of Topliss-reactive ketones (excluding diaryl/α,β-unsaturated/α-hetero) is 1. The number of carbonyl (C=O) groups excluding carboxylic acids is 1. The highest BCUT2D eigenvalue weighted by Gasteiger charge is 2.39. The molecule has 1 aliphatic carbocycles. The quantitative estimate of drug-likeness (QED) is 0.677. The summed E-state index contributed by atoms with van der Waals surface area (Å²) in [5, 5.41) is 0. The van der Waals surface area contributed by atoms with E-state index < -0.39 is 17.0 Å². The monoisotopic (exact) mass is 281 g/mol. The van der Waals surface area contributed by atoms with Gasteiger partial charge in [-0.1, -0.05) is 31.7 Å². The standard InChI is InChI=1S/C16H21F2NO/c1-11-6-7-12(14(18)13(11)17)15(20)16(10-19)8-4-2-3-5-9-16/h6-7H,2-5,8-10,19H2,1H3. The minimum Gasteiger partial charge on any atom is -0.329 e. The maximum absolute atomic E-state index is 14.0. The molecular formula is C16H21F2NO. The lowest BCUT2D eigenvalue weighted by Gasteiger charge is -2.30. The summed E-state index contributed by atoms with van der Waals surface area (Å²) in [6.45, 7) is 1.68. The number of ketones is 1. The van der Waals surface area contributed by atoms with E-state index in [1.54, 1.807) is 0 Å². The van der Waals surface area contributed by atoms with Gasteiger partial charge in [0.15, 0.2) is 17.4 Å². The largest absolute Gasteiger partial charge is 0.329 e. The molecule has 0 bridgehead atoms. The van der Waals surface area contributed by atoms with E-state index in [4.69, 9.17) is 5.73 Å². The van der Waals surface area contributed by atoms with Crippen LogP contribution >= 0.6 is 0 Å². The Balaban J connectivity index is 2.40. The molecule has 2 rings (SSSR count). The number of carbonyl (C=O) groups is 1. The van der Waals surface area contributed by atoms with Gasteiger partial charge in [-0.3, -0.25) is 4.79 Å². The molecule has 0 aliphatic heterocycles. The van der Waals surface area contributed by atoms with E-state index >= 15 is 0 Å². The first-order valence-electron chi connectivity index (χ1n) is 7.21. The Morgan fingerprint density at radius 1 is 1.15 bits per heavy atom. The molecule has 0 amide bonds. The third kappa shape index (κ3) is 2.62. The summed E-state index contributed by atoms with van der Waals surface area (Å²) in [7, 11) is 0. The van der Waals surface area contributed by atoms with Crippen molar-refractivity contribution in [3.8, 4) is 0 Å². The maximum atomic E-state index is 14.0. The van der Waals surface area contributed by atoms with Crippen LogP contribution in [0.4, 0.5) is 8.78 Å². The Morgan fingerprint density at radius 2 is 1.75 bits per heavy atom. The van der Waals surface area contributed by atoms with E-state index in [0.29, 0.717) is 12.8 Å². The van der Waals surface area contributed by atoms with Gasteiger partial charge in [0.1, 0.15) is 0 Å². The first kappa shape index (κ1) is 15.1. The predicted molar refractivity (Wildman–Crippen MR) is 74.6 cm³/mol. The summed E-state index contributed by atoms with van der Waals surface area (Å²) < 4.78 is 27.7. The van der Waals surface area contributed by atoms with Crippen molar-refractivity contribution in [3.05, 3.63) is 34.9 Å². The Hall–Kier alpha value is -1.29. The first-order chi connectivity index (χ1) is 9.52. The number of hydrogen-bond donors (Lipinski definition) is 1. The van der Waals surface area contributed by atoms with Gasteiger partial charge in [-0.2, -0.15) is 0 Å². The number of benzene rings is 1. The molecule has 1 saturated carbocycles. The van der Waals surface area contributed by atoms with Crippen molar-refractivity contribution in [3.63, 3.8) is 0 Å². The maximum Gasteiger partial charge on any atom is 0.173 e. The molecule has 2 N–H and O–H groups in total. The molecule has 0 spiro atoms. The summed E-state index contributed by atoms with van der Waals surface area (Å²) >= 11 is 0. The van der Waals surface area contributed by atoms with E-state index in [9.17, 15) is 13.6 Å². The van der Waals surface area contributed by atoms with E-state index in [-0.39, 0.29) is 23.5 Å². The van der Waals surface area contributed by atoms with Gasteiger partial charge in [-0.05, 0) is 31.4 Å². The lowest BCUT2D eigenvalue weighted by molar-refractivity contribution is 0.0768. The second-order valence-electron chi connectivity index (χ2n) is 5.79. The third-order valence-electron chi connectivity index (χ3n) is 4.45. The van der Waals surface area contributed by atoms with Crippen molar-refractivity contribution < 1.29 is 13.6 Å². The Labute approximate surface area is 118 Å². The molecule has 1 aromatic rings. The number of rotatable bonds is 3. The van der Waals surface area contributed by atoms with Crippen LogP contribution in [0.25, 0.3) is 0 Å². The molecule has 1 aromatic carbocycles. The summed E-state index contributed by atoms with van der Waals surface area (Å²) in [5.74, 6) is -2.30. The number of halogens is 2. The van der Waals surface area contributed by atoms with Crippen LogP contribution < -0.4 is 5.73 Å². The second-order valence-corrected chi connectivity index (χ2v) is 5.79. The minimum atomic E-state index is -1.04. The van der Waals surface area contributed by atoms with Crippen LogP contribution in [0.5, 0.6) is 0 Å². The van der Waals surface area contributed by atoms with E-state index in [0.717, 1.165) is 25.7 Å². The SMILES string of the molecule is Cc1ccc(C(=O)C2(CN)CCCCCC2)c(F)c1F. The van der Waals surface area contributed by atoms with Gasteiger partial charge in [0, 0.05) is 12.0 Å². The van der Waals surface area contributed by atoms with Crippen molar-refractivity contribution >= 4 is 5.78 Å². The normalized spacial score (nSPS) is 18.6. The number of nitrogens with two attached hydrogens (primary N) is 1. The van der Waals surface area contributed by atoms with Crippen LogP contribution in [-0.4, -0.2) is 12.3 Å². The van der Waals surface area contributed by atoms with Crippen molar-refractivity contribution in [1.82, 2.24) is 0 Å². The second kappa shape index (κ2) is 6.00. The lowest BCUT2D eigenvalue weighted by atomic mass is 9.74. The average molecular weight is 281 g/mol. The van der Waals surface area contributed by atoms with Crippen LogP contribution in [0.1, 0.15) is 54.4 Å². The highest BCUT2D eigenvalue weighted by atomic mass is 19.2. The smallest absolute Gasteiger partial charge is 0.173 e. The molecule has 2 nitrogen and oxygen atoms in total. The first-order valence-corrected chi connectivity index (χ1v) is 7.21. The van der Waals surface area contributed by atoms with Gasteiger partial charge in [0.05, 0.1) is 5.56 Å². The molecule has 20 heavy (non-hydrogen) atoms. The molecular weight excluding hydrogens is 260 g/mol. The Morgan fingerprint density at radius 3 is 2.30 bits per heavy atom. The molecule has 0 unspecified atom stereocenters. The Kier molecular flexibility index (Phi) is 4.53. The van der Waals surface area contributed by atoms with E-state index in [1.807, 2.05) is 0 Å². The van der Waals surface area contributed by atoms with Crippen molar-refractivity contribution in [2.45, 2.75) is 45.4 Å². The van der Waals surface area contributed by atoms with Gasteiger partial charge in [0.2, 0.25) is 0 Å².